The molecule has 88 valence electrons. The Hall–Kier alpha value is -0.500. The lowest BCUT2D eigenvalue weighted by Gasteiger charge is -2.00. The van der Waals surface area contributed by atoms with Crippen LogP contribution >= 0.6 is 23.2 Å². The summed E-state index contributed by atoms with van der Waals surface area (Å²) in [6.45, 7) is 4.18. The van der Waals surface area contributed by atoms with Crippen LogP contribution in [0.5, 0.6) is 0 Å². The van der Waals surface area contributed by atoms with E-state index in [4.69, 9.17) is 23.2 Å². The first-order valence-electron chi connectivity index (χ1n) is 5.53. The quantitative estimate of drug-likeness (QED) is 0.598. The SMILES string of the molecule is CCNCCC=CCc1ccc(Cl)c(Cl)c1. The lowest BCUT2D eigenvalue weighted by atomic mass is 10.1. The molecular formula is C13H17Cl2N. The van der Waals surface area contributed by atoms with E-state index in [1.165, 1.54) is 5.56 Å². The maximum absolute atomic E-state index is 5.93. The largest absolute Gasteiger partial charge is 0.317 e. The van der Waals surface area contributed by atoms with Crippen LogP contribution in [0.1, 0.15) is 18.9 Å². The lowest BCUT2D eigenvalue weighted by Crippen LogP contribution is -2.12. The van der Waals surface area contributed by atoms with Gasteiger partial charge in [-0.05, 0) is 43.6 Å². The fourth-order valence-corrected chi connectivity index (χ4v) is 1.69. The second kappa shape index (κ2) is 7.72. The van der Waals surface area contributed by atoms with E-state index in [1.807, 2.05) is 18.2 Å². The summed E-state index contributed by atoms with van der Waals surface area (Å²) in [4.78, 5) is 0. The van der Waals surface area contributed by atoms with Crippen LogP contribution in [0.15, 0.2) is 30.4 Å². The summed E-state index contributed by atoms with van der Waals surface area (Å²) >= 11 is 11.8. The topological polar surface area (TPSA) is 12.0 Å². The van der Waals surface area contributed by atoms with Gasteiger partial charge < -0.3 is 5.32 Å². The van der Waals surface area contributed by atoms with Crippen LogP contribution < -0.4 is 5.32 Å². The van der Waals surface area contributed by atoms with Gasteiger partial charge in [0.15, 0.2) is 0 Å². The maximum Gasteiger partial charge on any atom is 0.0595 e. The molecule has 0 fully saturated rings. The predicted octanol–water partition coefficient (Wildman–Crippen LogP) is 4.09. The molecule has 16 heavy (non-hydrogen) atoms. The fraction of sp³-hybridized carbons (Fsp3) is 0.385. The summed E-state index contributed by atoms with van der Waals surface area (Å²) in [5.74, 6) is 0. The van der Waals surface area contributed by atoms with Crippen molar-refractivity contribution in [3.8, 4) is 0 Å². The van der Waals surface area contributed by atoms with E-state index in [2.05, 4.69) is 24.4 Å². The predicted molar refractivity (Wildman–Crippen MR) is 72.5 cm³/mol. The zero-order chi connectivity index (χ0) is 11.8. The molecule has 1 aromatic rings. The van der Waals surface area contributed by atoms with Crippen molar-refractivity contribution in [1.82, 2.24) is 5.32 Å². The second-order valence-electron chi connectivity index (χ2n) is 3.57. The third-order valence-corrected chi connectivity index (χ3v) is 2.98. The third kappa shape index (κ3) is 5.02. The molecule has 0 aliphatic carbocycles. The van der Waals surface area contributed by atoms with Gasteiger partial charge in [-0.1, -0.05) is 48.3 Å². The molecule has 0 spiro atoms. The Kier molecular flexibility index (Phi) is 6.55. The van der Waals surface area contributed by atoms with Crippen molar-refractivity contribution in [2.45, 2.75) is 19.8 Å². The van der Waals surface area contributed by atoms with Crippen LogP contribution in [0.2, 0.25) is 10.0 Å². The molecule has 3 heteroatoms. The van der Waals surface area contributed by atoms with Gasteiger partial charge in [0.25, 0.3) is 0 Å². The summed E-state index contributed by atoms with van der Waals surface area (Å²) in [7, 11) is 0. The summed E-state index contributed by atoms with van der Waals surface area (Å²) < 4.78 is 0. The molecule has 1 aromatic carbocycles. The van der Waals surface area contributed by atoms with E-state index in [-0.39, 0.29) is 0 Å². The van der Waals surface area contributed by atoms with Crippen molar-refractivity contribution in [3.63, 3.8) is 0 Å². The summed E-state index contributed by atoms with van der Waals surface area (Å²) in [5.41, 5.74) is 1.19. The van der Waals surface area contributed by atoms with Gasteiger partial charge in [0.1, 0.15) is 0 Å². The average molecular weight is 258 g/mol. The Balaban J connectivity index is 2.34. The molecule has 0 amide bonds. The summed E-state index contributed by atoms with van der Waals surface area (Å²) in [6.07, 6.45) is 6.32. The highest BCUT2D eigenvalue weighted by Crippen LogP contribution is 2.22. The molecule has 0 heterocycles. The molecule has 0 saturated carbocycles. The average Bonchev–Trinajstić information content (AvgIpc) is 2.28. The Morgan fingerprint density at radius 2 is 2.00 bits per heavy atom. The van der Waals surface area contributed by atoms with Crippen LogP contribution in [0.4, 0.5) is 0 Å². The number of hydrogen-bond acceptors (Lipinski definition) is 1. The molecule has 0 bridgehead atoms. The van der Waals surface area contributed by atoms with Gasteiger partial charge >= 0.3 is 0 Å². The van der Waals surface area contributed by atoms with Gasteiger partial charge in [-0.3, -0.25) is 0 Å². The van der Waals surface area contributed by atoms with Gasteiger partial charge in [0, 0.05) is 0 Å². The third-order valence-electron chi connectivity index (χ3n) is 2.24. The number of hydrogen-bond donors (Lipinski definition) is 1. The van der Waals surface area contributed by atoms with Crippen molar-refractivity contribution in [2.24, 2.45) is 0 Å². The molecule has 0 radical (unpaired) electrons. The van der Waals surface area contributed by atoms with Crippen LogP contribution in [-0.4, -0.2) is 13.1 Å². The standard InChI is InChI=1S/C13H17Cl2N/c1-2-16-9-5-3-4-6-11-7-8-12(14)13(15)10-11/h3-4,7-8,10,16H,2,5-6,9H2,1H3. The minimum atomic E-state index is 0.613. The first-order valence-corrected chi connectivity index (χ1v) is 6.29. The smallest absolute Gasteiger partial charge is 0.0595 e. The minimum Gasteiger partial charge on any atom is -0.317 e. The number of rotatable bonds is 6. The zero-order valence-corrected chi connectivity index (χ0v) is 11.0. The molecule has 0 atom stereocenters. The van der Waals surface area contributed by atoms with E-state index in [0.717, 1.165) is 25.9 Å². The van der Waals surface area contributed by atoms with E-state index < -0.39 is 0 Å². The zero-order valence-electron chi connectivity index (χ0n) is 9.47. The first kappa shape index (κ1) is 13.6. The van der Waals surface area contributed by atoms with Crippen LogP contribution in [0.3, 0.4) is 0 Å². The van der Waals surface area contributed by atoms with E-state index in [9.17, 15) is 0 Å². The molecule has 0 aromatic heterocycles. The molecule has 0 aliphatic rings. The van der Waals surface area contributed by atoms with Gasteiger partial charge in [0.05, 0.1) is 10.0 Å². The molecular weight excluding hydrogens is 241 g/mol. The Bertz CT molecular complexity index is 348. The maximum atomic E-state index is 5.93. The lowest BCUT2D eigenvalue weighted by molar-refractivity contribution is 0.726. The second-order valence-corrected chi connectivity index (χ2v) is 4.38. The number of benzene rings is 1. The highest BCUT2D eigenvalue weighted by Gasteiger charge is 1.97. The van der Waals surface area contributed by atoms with Gasteiger partial charge in [-0.2, -0.15) is 0 Å². The molecule has 1 nitrogen and oxygen atoms in total. The molecule has 0 aliphatic heterocycles. The minimum absolute atomic E-state index is 0.613. The Morgan fingerprint density at radius 1 is 1.19 bits per heavy atom. The van der Waals surface area contributed by atoms with Crippen molar-refractivity contribution in [3.05, 3.63) is 46.0 Å². The number of halogens is 2. The molecule has 0 unspecified atom stereocenters. The highest BCUT2D eigenvalue weighted by atomic mass is 35.5. The number of nitrogens with one attached hydrogen (secondary N) is 1. The Labute approximate surface area is 107 Å². The monoisotopic (exact) mass is 257 g/mol. The van der Waals surface area contributed by atoms with Crippen molar-refractivity contribution < 1.29 is 0 Å². The van der Waals surface area contributed by atoms with Crippen LogP contribution in [0.25, 0.3) is 0 Å². The van der Waals surface area contributed by atoms with Crippen molar-refractivity contribution in [1.29, 1.82) is 0 Å². The van der Waals surface area contributed by atoms with Crippen LogP contribution in [0, 0.1) is 0 Å². The fourth-order valence-electron chi connectivity index (χ4n) is 1.37. The van der Waals surface area contributed by atoms with Crippen LogP contribution in [-0.2, 0) is 6.42 Å². The molecule has 1 rings (SSSR count). The first-order chi connectivity index (χ1) is 7.74. The van der Waals surface area contributed by atoms with Crippen molar-refractivity contribution in [2.75, 3.05) is 13.1 Å². The van der Waals surface area contributed by atoms with E-state index in [1.54, 1.807) is 0 Å². The summed E-state index contributed by atoms with van der Waals surface area (Å²) in [6, 6.07) is 5.76. The van der Waals surface area contributed by atoms with Gasteiger partial charge in [-0.15, -0.1) is 0 Å². The number of allylic oxidation sites excluding steroid dienone is 1. The molecule has 0 saturated heterocycles. The highest BCUT2D eigenvalue weighted by molar-refractivity contribution is 6.42. The van der Waals surface area contributed by atoms with Crippen molar-refractivity contribution >= 4 is 23.2 Å². The van der Waals surface area contributed by atoms with Gasteiger partial charge in [0.2, 0.25) is 0 Å². The molecule has 1 N–H and O–H groups in total. The normalized spacial score (nSPS) is 11.2. The summed E-state index contributed by atoms with van der Waals surface area (Å²) in [5, 5.41) is 4.51. The van der Waals surface area contributed by atoms with Gasteiger partial charge in [-0.25, -0.2) is 0 Å². The van der Waals surface area contributed by atoms with E-state index in [0.29, 0.717) is 10.0 Å². The van der Waals surface area contributed by atoms with E-state index >= 15 is 0 Å². The Morgan fingerprint density at radius 3 is 2.69 bits per heavy atom.